The monoisotopic (exact) mass is 416 g/mol. The van der Waals surface area contributed by atoms with Crippen LogP contribution >= 0.6 is 0 Å². The predicted molar refractivity (Wildman–Crippen MR) is 119 cm³/mol. The Morgan fingerprint density at radius 1 is 0.871 bits per heavy atom. The third kappa shape index (κ3) is 3.90. The molecule has 5 rings (SSSR count). The zero-order valence-electron chi connectivity index (χ0n) is 17.6. The van der Waals surface area contributed by atoms with Gasteiger partial charge in [-0.15, -0.1) is 0 Å². The van der Waals surface area contributed by atoms with Gasteiger partial charge < -0.3 is 9.80 Å². The highest BCUT2D eigenvalue weighted by molar-refractivity contribution is 5.99. The lowest BCUT2D eigenvalue weighted by molar-refractivity contribution is 0.0962. The standard InChI is InChI=1S/C25H25FN4O/c1-17-24-22(15-19(16-23(24)31)18-7-9-20(26)10-8-18)28-25(27-17)30-13-11-29(12-14-30)21-5-3-2-4-6-21/h2-10,19H,11-16H2,1H3/t19-/m1/s1. The van der Waals surface area contributed by atoms with Crippen LogP contribution in [-0.4, -0.2) is 41.9 Å². The summed E-state index contributed by atoms with van der Waals surface area (Å²) in [5.74, 6) is 0.545. The first-order chi connectivity index (χ1) is 15.1. The molecule has 3 aromatic rings. The second kappa shape index (κ2) is 8.10. The van der Waals surface area contributed by atoms with Crippen molar-refractivity contribution in [2.75, 3.05) is 36.0 Å². The molecule has 1 aliphatic heterocycles. The van der Waals surface area contributed by atoms with E-state index in [-0.39, 0.29) is 17.5 Å². The van der Waals surface area contributed by atoms with Gasteiger partial charge in [-0.25, -0.2) is 14.4 Å². The van der Waals surface area contributed by atoms with Gasteiger partial charge in [0.1, 0.15) is 5.82 Å². The van der Waals surface area contributed by atoms with Crippen LogP contribution in [0.2, 0.25) is 0 Å². The van der Waals surface area contributed by atoms with Crippen LogP contribution in [-0.2, 0) is 6.42 Å². The number of carbonyl (C=O) groups is 1. The summed E-state index contributed by atoms with van der Waals surface area (Å²) in [7, 11) is 0. The van der Waals surface area contributed by atoms with Gasteiger partial charge in [-0.2, -0.15) is 0 Å². The largest absolute Gasteiger partial charge is 0.368 e. The van der Waals surface area contributed by atoms with E-state index in [9.17, 15) is 9.18 Å². The molecule has 1 atom stereocenters. The number of fused-ring (bicyclic) bond motifs is 1. The van der Waals surface area contributed by atoms with Crippen molar-refractivity contribution in [3.8, 4) is 0 Å². The lowest BCUT2D eigenvalue weighted by Crippen LogP contribution is -2.47. The molecule has 2 aliphatic rings. The molecule has 0 N–H and O–H groups in total. The molecule has 1 aliphatic carbocycles. The van der Waals surface area contributed by atoms with E-state index < -0.39 is 0 Å². The smallest absolute Gasteiger partial charge is 0.225 e. The van der Waals surface area contributed by atoms with Crippen LogP contribution in [0.15, 0.2) is 54.6 Å². The second-order valence-corrected chi connectivity index (χ2v) is 8.32. The minimum absolute atomic E-state index is 0.0256. The zero-order chi connectivity index (χ0) is 21.4. The second-order valence-electron chi connectivity index (χ2n) is 8.32. The van der Waals surface area contributed by atoms with Gasteiger partial charge in [-0.3, -0.25) is 4.79 Å². The lowest BCUT2D eigenvalue weighted by atomic mass is 9.81. The minimum atomic E-state index is -0.263. The van der Waals surface area contributed by atoms with E-state index in [2.05, 4.69) is 34.1 Å². The molecule has 0 amide bonds. The van der Waals surface area contributed by atoms with Crippen LogP contribution in [0.4, 0.5) is 16.0 Å². The van der Waals surface area contributed by atoms with Crippen LogP contribution in [0.1, 0.15) is 39.6 Å². The van der Waals surface area contributed by atoms with Gasteiger partial charge in [0.25, 0.3) is 0 Å². The summed E-state index contributed by atoms with van der Waals surface area (Å²) in [6.45, 7) is 5.38. The van der Waals surface area contributed by atoms with Crippen molar-refractivity contribution in [3.05, 3.63) is 82.9 Å². The van der Waals surface area contributed by atoms with Gasteiger partial charge in [0, 0.05) is 38.3 Å². The summed E-state index contributed by atoms with van der Waals surface area (Å²) < 4.78 is 13.3. The Bertz CT molecular complexity index is 1090. The average molecular weight is 417 g/mol. The Labute approximate surface area is 181 Å². The Morgan fingerprint density at radius 3 is 2.26 bits per heavy atom. The van der Waals surface area contributed by atoms with E-state index in [4.69, 9.17) is 9.97 Å². The molecule has 1 fully saturated rings. The Kier molecular flexibility index (Phi) is 5.14. The minimum Gasteiger partial charge on any atom is -0.368 e. The number of halogens is 1. The number of para-hydroxylation sites is 1. The number of aryl methyl sites for hydroxylation is 1. The highest BCUT2D eigenvalue weighted by atomic mass is 19.1. The van der Waals surface area contributed by atoms with Crippen molar-refractivity contribution in [2.24, 2.45) is 0 Å². The number of ketones is 1. The first-order valence-electron chi connectivity index (χ1n) is 10.8. The number of nitrogens with zero attached hydrogens (tertiary/aromatic N) is 4. The molecule has 0 unspecified atom stereocenters. The van der Waals surface area contributed by atoms with E-state index >= 15 is 0 Å². The summed E-state index contributed by atoms with van der Waals surface area (Å²) in [5, 5.41) is 0. The van der Waals surface area contributed by atoms with Crippen molar-refractivity contribution < 1.29 is 9.18 Å². The van der Waals surface area contributed by atoms with Gasteiger partial charge >= 0.3 is 0 Å². The predicted octanol–water partition coefficient (Wildman–Crippen LogP) is 4.16. The van der Waals surface area contributed by atoms with Crippen LogP contribution in [0.5, 0.6) is 0 Å². The third-order valence-corrected chi connectivity index (χ3v) is 6.33. The number of aromatic nitrogens is 2. The topological polar surface area (TPSA) is 49.3 Å². The molecule has 2 heterocycles. The summed E-state index contributed by atoms with van der Waals surface area (Å²) >= 11 is 0. The van der Waals surface area contributed by atoms with Gasteiger partial charge in [-0.05, 0) is 49.1 Å². The summed E-state index contributed by atoms with van der Waals surface area (Å²) in [4.78, 5) is 27.0. The SMILES string of the molecule is Cc1nc(N2CCN(c3ccccc3)CC2)nc2c1C(=O)C[C@H](c1ccc(F)cc1)C2. The number of Topliss-reactive ketones (excluding diaryl/α,β-unsaturated/α-hetero) is 1. The number of carbonyl (C=O) groups excluding carboxylic acids is 1. The first-order valence-corrected chi connectivity index (χ1v) is 10.8. The van der Waals surface area contributed by atoms with Gasteiger partial charge in [0.05, 0.1) is 17.0 Å². The molecular weight excluding hydrogens is 391 g/mol. The van der Waals surface area contributed by atoms with Crippen molar-refractivity contribution in [2.45, 2.75) is 25.7 Å². The lowest BCUT2D eigenvalue weighted by Gasteiger charge is -2.36. The Balaban J connectivity index is 1.36. The van der Waals surface area contributed by atoms with Crippen LogP contribution in [0.3, 0.4) is 0 Å². The zero-order valence-corrected chi connectivity index (χ0v) is 17.6. The molecular formula is C25H25FN4O. The van der Waals surface area contributed by atoms with Gasteiger partial charge in [-0.1, -0.05) is 30.3 Å². The third-order valence-electron chi connectivity index (χ3n) is 6.33. The van der Waals surface area contributed by atoms with Crippen molar-refractivity contribution in [3.63, 3.8) is 0 Å². The molecule has 0 saturated carbocycles. The Hall–Kier alpha value is -3.28. The van der Waals surface area contributed by atoms with Crippen LogP contribution in [0.25, 0.3) is 0 Å². The normalized spacial score (nSPS) is 18.8. The van der Waals surface area contributed by atoms with Crippen LogP contribution < -0.4 is 9.80 Å². The van der Waals surface area contributed by atoms with Gasteiger partial charge in [0.15, 0.2) is 5.78 Å². The summed E-state index contributed by atoms with van der Waals surface area (Å²) in [6, 6.07) is 16.9. The number of hydrogen-bond acceptors (Lipinski definition) is 5. The maximum absolute atomic E-state index is 13.3. The molecule has 1 saturated heterocycles. The quantitative estimate of drug-likeness (QED) is 0.642. The number of anilines is 2. The fourth-order valence-corrected chi connectivity index (χ4v) is 4.67. The van der Waals surface area contributed by atoms with Crippen molar-refractivity contribution in [1.82, 2.24) is 9.97 Å². The number of rotatable bonds is 3. The molecule has 2 aromatic carbocycles. The van der Waals surface area contributed by atoms with Gasteiger partial charge in [0.2, 0.25) is 5.95 Å². The first kappa shape index (κ1) is 19.7. The molecule has 158 valence electrons. The van der Waals surface area contributed by atoms with E-state index in [1.807, 2.05) is 13.0 Å². The maximum atomic E-state index is 13.3. The Morgan fingerprint density at radius 2 is 1.55 bits per heavy atom. The van der Waals surface area contributed by atoms with Crippen molar-refractivity contribution >= 4 is 17.4 Å². The van der Waals surface area contributed by atoms with Crippen LogP contribution in [0, 0.1) is 12.7 Å². The molecule has 0 bridgehead atoms. The van der Waals surface area contributed by atoms with Crippen molar-refractivity contribution in [1.29, 1.82) is 0 Å². The fraction of sp³-hybridized carbons (Fsp3) is 0.320. The average Bonchev–Trinajstić information content (AvgIpc) is 2.79. The highest BCUT2D eigenvalue weighted by Crippen LogP contribution is 2.34. The number of hydrogen-bond donors (Lipinski definition) is 0. The summed E-state index contributed by atoms with van der Waals surface area (Å²) in [6.07, 6.45) is 1.09. The molecule has 5 nitrogen and oxygen atoms in total. The molecule has 1 aromatic heterocycles. The van der Waals surface area contributed by atoms with E-state index in [1.165, 1.54) is 17.8 Å². The van der Waals surface area contributed by atoms with E-state index in [1.54, 1.807) is 12.1 Å². The molecule has 6 heteroatoms. The highest BCUT2D eigenvalue weighted by Gasteiger charge is 2.31. The molecule has 31 heavy (non-hydrogen) atoms. The summed E-state index contributed by atoms with van der Waals surface area (Å²) in [5.41, 5.74) is 4.46. The molecule has 0 radical (unpaired) electrons. The number of piperazine rings is 1. The number of benzene rings is 2. The molecule has 0 spiro atoms. The fourth-order valence-electron chi connectivity index (χ4n) is 4.67. The van der Waals surface area contributed by atoms with E-state index in [0.29, 0.717) is 24.4 Å². The van der Waals surface area contributed by atoms with E-state index in [0.717, 1.165) is 43.1 Å². The maximum Gasteiger partial charge on any atom is 0.225 e.